The second-order valence-electron chi connectivity index (χ2n) is 5.21. The smallest absolute Gasteiger partial charge is 0.305 e. The molecule has 1 heterocycles. The van der Waals surface area contributed by atoms with E-state index in [0.717, 1.165) is 32.5 Å². The molecule has 1 fully saturated rings. The summed E-state index contributed by atoms with van der Waals surface area (Å²) >= 11 is 0. The highest BCUT2D eigenvalue weighted by atomic mass is 16.5. The van der Waals surface area contributed by atoms with Gasteiger partial charge in [0.1, 0.15) is 0 Å². The Morgan fingerprint density at radius 2 is 2.05 bits per heavy atom. The molecule has 20 heavy (non-hydrogen) atoms. The molecule has 0 saturated carbocycles. The highest BCUT2D eigenvalue weighted by Crippen LogP contribution is 2.15. The van der Waals surface area contributed by atoms with Crippen LogP contribution in [-0.2, 0) is 14.3 Å². The van der Waals surface area contributed by atoms with Crippen LogP contribution in [0.15, 0.2) is 0 Å². The monoisotopic (exact) mass is 285 g/mol. The van der Waals surface area contributed by atoms with Crippen molar-refractivity contribution in [2.45, 2.75) is 32.6 Å². The summed E-state index contributed by atoms with van der Waals surface area (Å²) in [6, 6.07) is 0. The molecule has 3 N–H and O–H groups in total. The van der Waals surface area contributed by atoms with Crippen molar-refractivity contribution in [3.63, 3.8) is 0 Å². The maximum Gasteiger partial charge on any atom is 0.305 e. The van der Waals surface area contributed by atoms with E-state index in [9.17, 15) is 9.59 Å². The van der Waals surface area contributed by atoms with Gasteiger partial charge in [-0.2, -0.15) is 0 Å². The number of likely N-dealkylation sites (tertiary alicyclic amines) is 1. The number of ether oxygens (including phenoxy) is 1. The molecule has 1 saturated heterocycles. The SMILES string of the molecule is CCOC(=O)CCCNC(=O)CN1CCC(CN)CC1. The molecule has 0 bridgehead atoms. The predicted molar refractivity (Wildman–Crippen MR) is 77.1 cm³/mol. The number of rotatable bonds is 8. The topological polar surface area (TPSA) is 84.7 Å². The van der Waals surface area contributed by atoms with E-state index >= 15 is 0 Å². The summed E-state index contributed by atoms with van der Waals surface area (Å²) in [4.78, 5) is 25.0. The minimum atomic E-state index is -0.203. The van der Waals surface area contributed by atoms with E-state index in [-0.39, 0.29) is 11.9 Å². The molecule has 0 radical (unpaired) electrons. The number of carbonyl (C=O) groups excluding carboxylic acids is 2. The van der Waals surface area contributed by atoms with Crippen LogP contribution >= 0.6 is 0 Å². The van der Waals surface area contributed by atoms with Gasteiger partial charge in [-0.25, -0.2) is 0 Å². The number of carbonyl (C=O) groups is 2. The molecule has 1 amide bonds. The highest BCUT2D eigenvalue weighted by molar-refractivity contribution is 5.78. The minimum Gasteiger partial charge on any atom is -0.466 e. The van der Waals surface area contributed by atoms with Crippen LogP contribution in [0.5, 0.6) is 0 Å². The molecule has 116 valence electrons. The van der Waals surface area contributed by atoms with Gasteiger partial charge in [0.25, 0.3) is 0 Å². The fourth-order valence-corrected chi connectivity index (χ4v) is 2.33. The fourth-order valence-electron chi connectivity index (χ4n) is 2.33. The van der Waals surface area contributed by atoms with Crippen LogP contribution in [0.4, 0.5) is 0 Å². The van der Waals surface area contributed by atoms with Crippen LogP contribution < -0.4 is 11.1 Å². The van der Waals surface area contributed by atoms with Crippen molar-refractivity contribution in [2.75, 3.05) is 39.3 Å². The Balaban J connectivity index is 2.05. The zero-order chi connectivity index (χ0) is 14.8. The zero-order valence-corrected chi connectivity index (χ0v) is 12.4. The molecule has 0 aliphatic carbocycles. The number of piperidine rings is 1. The van der Waals surface area contributed by atoms with E-state index in [2.05, 4.69) is 10.2 Å². The molecule has 0 atom stereocenters. The van der Waals surface area contributed by atoms with Gasteiger partial charge in [-0.1, -0.05) is 0 Å². The lowest BCUT2D eigenvalue weighted by Crippen LogP contribution is -2.42. The van der Waals surface area contributed by atoms with Crippen molar-refractivity contribution in [2.24, 2.45) is 11.7 Å². The Morgan fingerprint density at radius 1 is 1.35 bits per heavy atom. The molecule has 1 rings (SSSR count). The van der Waals surface area contributed by atoms with E-state index in [0.29, 0.717) is 38.5 Å². The van der Waals surface area contributed by atoms with Gasteiger partial charge in [-0.05, 0) is 51.7 Å². The van der Waals surface area contributed by atoms with E-state index in [1.807, 2.05) is 0 Å². The molecule has 6 heteroatoms. The van der Waals surface area contributed by atoms with Crippen molar-refractivity contribution in [1.82, 2.24) is 10.2 Å². The highest BCUT2D eigenvalue weighted by Gasteiger charge is 2.19. The summed E-state index contributed by atoms with van der Waals surface area (Å²) in [6.45, 7) is 5.79. The third-order valence-corrected chi connectivity index (χ3v) is 3.59. The van der Waals surface area contributed by atoms with Gasteiger partial charge in [-0.3, -0.25) is 14.5 Å². The van der Waals surface area contributed by atoms with Crippen LogP contribution in [0.3, 0.4) is 0 Å². The summed E-state index contributed by atoms with van der Waals surface area (Å²) in [5, 5.41) is 2.84. The first kappa shape index (κ1) is 16.9. The average molecular weight is 285 g/mol. The Hall–Kier alpha value is -1.14. The number of hydrogen-bond donors (Lipinski definition) is 2. The first-order valence-electron chi connectivity index (χ1n) is 7.50. The second-order valence-corrected chi connectivity index (χ2v) is 5.21. The Bertz CT molecular complexity index is 302. The number of nitrogens with zero attached hydrogens (tertiary/aromatic N) is 1. The zero-order valence-electron chi connectivity index (χ0n) is 12.4. The van der Waals surface area contributed by atoms with Crippen molar-refractivity contribution in [3.05, 3.63) is 0 Å². The predicted octanol–water partition coefficient (Wildman–Crippen LogP) is 0.117. The lowest BCUT2D eigenvalue weighted by Gasteiger charge is -2.30. The normalized spacial score (nSPS) is 16.9. The largest absolute Gasteiger partial charge is 0.466 e. The maximum absolute atomic E-state index is 11.7. The summed E-state index contributed by atoms with van der Waals surface area (Å²) < 4.78 is 4.82. The lowest BCUT2D eigenvalue weighted by atomic mass is 9.97. The van der Waals surface area contributed by atoms with Gasteiger partial charge in [0.05, 0.1) is 13.2 Å². The Morgan fingerprint density at radius 3 is 2.65 bits per heavy atom. The molecule has 1 aliphatic heterocycles. The van der Waals surface area contributed by atoms with Crippen LogP contribution in [0.25, 0.3) is 0 Å². The van der Waals surface area contributed by atoms with Crippen molar-refractivity contribution < 1.29 is 14.3 Å². The summed E-state index contributed by atoms with van der Waals surface area (Å²) in [6.07, 6.45) is 3.13. The van der Waals surface area contributed by atoms with Gasteiger partial charge in [0.15, 0.2) is 0 Å². The van der Waals surface area contributed by atoms with Crippen LogP contribution in [0, 0.1) is 5.92 Å². The molecular formula is C14H27N3O3. The van der Waals surface area contributed by atoms with Gasteiger partial charge in [0, 0.05) is 13.0 Å². The van der Waals surface area contributed by atoms with Crippen molar-refractivity contribution in [1.29, 1.82) is 0 Å². The van der Waals surface area contributed by atoms with E-state index in [1.165, 1.54) is 0 Å². The standard InChI is InChI=1S/C14H27N3O3/c1-2-20-14(19)4-3-7-16-13(18)11-17-8-5-12(10-15)6-9-17/h12H,2-11,15H2,1H3,(H,16,18). The molecule has 1 aliphatic rings. The third-order valence-electron chi connectivity index (χ3n) is 3.59. The number of esters is 1. The van der Waals surface area contributed by atoms with Crippen LogP contribution in [0.1, 0.15) is 32.6 Å². The van der Waals surface area contributed by atoms with Crippen molar-refractivity contribution in [3.8, 4) is 0 Å². The van der Waals surface area contributed by atoms with Crippen molar-refractivity contribution >= 4 is 11.9 Å². The molecular weight excluding hydrogens is 258 g/mol. The van der Waals surface area contributed by atoms with Gasteiger partial charge in [-0.15, -0.1) is 0 Å². The first-order chi connectivity index (χ1) is 9.65. The molecule has 6 nitrogen and oxygen atoms in total. The minimum absolute atomic E-state index is 0.0278. The summed E-state index contributed by atoms with van der Waals surface area (Å²) in [5.41, 5.74) is 5.64. The molecule has 0 aromatic heterocycles. The number of hydrogen-bond acceptors (Lipinski definition) is 5. The first-order valence-corrected chi connectivity index (χ1v) is 7.50. The second kappa shape index (κ2) is 9.72. The van der Waals surface area contributed by atoms with E-state index < -0.39 is 0 Å². The van der Waals surface area contributed by atoms with Gasteiger partial charge in [0.2, 0.25) is 5.91 Å². The summed E-state index contributed by atoms with van der Waals surface area (Å²) in [5.74, 6) is 0.435. The van der Waals surface area contributed by atoms with Crippen LogP contribution in [-0.4, -0.2) is 56.1 Å². The van der Waals surface area contributed by atoms with E-state index in [1.54, 1.807) is 6.92 Å². The average Bonchev–Trinajstić information content (AvgIpc) is 2.45. The molecule has 0 aromatic rings. The molecule has 0 spiro atoms. The maximum atomic E-state index is 11.7. The lowest BCUT2D eigenvalue weighted by molar-refractivity contribution is -0.143. The fraction of sp³-hybridized carbons (Fsp3) is 0.857. The Labute approximate surface area is 121 Å². The third kappa shape index (κ3) is 6.86. The van der Waals surface area contributed by atoms with Gasteiger partial charge < -0.3 is 15.8 Å². The van der Waals surface area contributed by atoms with Gasteiger partial charge >= 0.3 is 5.97 Å². The molecule has 0 aromatic carbocycles. The quantitative estimate of drug-likeness (QED) is 0.489. The number of nitrogens with one attached hydrogen (secondary N) is 1. The number of amides is 1. The Kier molecular flexibility index (Phi) is 8.22. The summed E-state index contributed by atoms with van der Waals surface area (Å²) in [7, 11) is 0. The molecule has 0 unspecified atom stereocenters. The number of nitrogens with two attached hydrogens (primary N) is 1. The van der Waals surface area contributed by atoms with E-state index in [4.69, 9.17) is 10.5 Å². The van der Waals surface area contributed by atoms with Crippen LogP contribution in [0.2, 0.25) is 0 Å².